The minimum Gasteiger partial charge on any atom is -0.337 e. The molecule has 1 atom stereocenters. The monoisotopic (exact) mass is 328 g/mol. The quantitative estimate of drug-likeness (QED) is 0.882. The van der Waals surface area contributed by atoms with E-state index in [1.54, 1.807) is 4.31 Å². The number of sulfonamides is 1. The Balaban J connectivity index is 1.85. The Morgan fingerprint density at radius 2 is 2.14 bits per heavy atom. The fraction of sp³-hybridized carbons (Fsp3) is 0.857. The van der Waals surface area contributed by atoms with Crippen LogP contribution in [0.15, 0.2) is 4.52 Å². The fourth-order valence-electron chi connectivity index (χ4n) is 3.21. The molecule has 0 amide bonds. The Kier molecular flexibility index (Phi) is 4.26. The molecule has 2 N–H and O–H groups in total. The van der Waals surface area contributed by atoms with Crippen LogP contribution in [0.3, 0.4) is 0 Å². The summed E-state index contributed by atoms with van der Waals surface area (Å²) >= 11 is 0. The molecule has 0 radical (unpaired) electrons. The fourth-order valence-corrected chi connectivity index (χ4v) is 4.96. The van der Waals surface area contributed by atoms with E-state index in [0.717, 1.165) is 38.5 Å². The van der Waals surface area contributed by atoms with Crippen molar-refractivity contribution < 1.29 is 12.9 Å². The summed E-state index contributed by atoms with van der Waals surface area (Å²) in [6.07, 6.45) is 5.95. The van der Waals surface area contributed by atoms with Gasteiger partial charge in [-0.1, -0.05) is 18.5 Å². The van der Waals surface area contributed by atoms with Crippen molar-refractivity contribution in [3.8, 4) is 0 Å². The highest BCUT2D eigenvalue weighted by Crippen LogP contribution is 2.39. The Labute approximate surface area is 131 Å². The minimum absolute atomic E-state index is 0.158. The average Bonchev–Trinajstić information content (AvgIpc) is 2.95. The molecule has 1 aromatic heterocycles. The Morgan fingerprint density at radius 3 is 2.77 bits per heavy atom. The molecule has 0 spiro atoms. The van der Waals surface area contributed by atoms with Crippen LogP contribution in [0.2, 0.25) is 0 Å². The molecule has 22 heavy (non-hydrogen) atoms. The molecule has 2 aliphatic rings. The van der Waals surface area contributed by atoms with Crippen molar-refractivity contribution in [3.63, 3.8) is 0 Å². The predicted octanol–water partition coefficient (Wildman–Crippen LogP) is 1.67. The molecule has 1 aliphatic carbocycles. The van der Waals surface area contributed by atoms with E-state index in [1.165, 1.54) is 0 Å². The number of nitrogens with zero attached hydrogens (tertiary/aromatic N) is 3. The molecule has 7 nitrogen and oxygen atoms in total. The standard InChI is InChI=1S/C14H24N4O3S/c1-2-10-22(19,20)18-9-4-3-6-11(18)12-16-13(17-21-12)14(15)7-5-8-14/h11H,2-10,15H2,1H3. The first-order valence-corrected chi connectivity index (χ1v) is 9.70. The van der Waals surface area contributed by atoms with Gasteiger partial charge in [-0.05, 0) is 38.5 Å². The maximum Gasteiger partial charge on any atom is 0.245 e. The highest BCUT2D eigenvalue weighted by Gasteiger charge is 2.41. The van der Waals surface area contributed by atoms with E-state index in [0.29, 0.717) is 24.7 Å². The zero-order chi connectivity index (χ0) is 15.8. The summed E-state index contributed by atoms with van der Waals surface area (Å²) in [4.78, 5) is 4.44. The maximum absolute atomic E-state index is 12.5. The van der Waals surface area contributed by atoms with Gasteiger partial charge in [-0.3, -0.25) is 0 Å². The number of nitrogens with two attached hydrogens (primary N) is 1. The molecular formula is C14H24N4O3S. The lowest BCUT2D eigenvalue weighted by Gasteiger charge is -2.34. The van der Waals surface area contributed by atoms with Crippen molar-refractivity contribution in [1.29, 1.82) is 0 Å². The van der Waals surface area contributed by atoms with Gasteiger partial charge in [0.25, 0.3) is 0 Å². The first-order valence-electron chi connectivity index (χ1n) is 8.09. The summed E-state index contributed by atoms with van der Waals surface area (Å²) in [6.45, 7) is 2.40. The third-order valence-electron chi connectivity index (χ3n) is 4.69. The third-order valence-corrected chi connectivity index (χ3v) is 6.77. The average molecular weight is 328 g/mol. The lowest BCUT2D eigenvalue weighted by atomic mass is 9.77. The highest BCUT2D eigenvalue weighted by atomic mass is 32.2. The van der Waals surface area contributed by atoms with E-state index in [4.69, 9.17) is 10.3 Å². The maximum atomic E-state index is 12.5. The van der Waals surface area contributed by atoms with Gasteiger partial charge in [-0.2, -0.15) is 9.29 Å². The largest absolute Gasteiger partial charge is 0.337 e. The predicted molar refractivity (Wildman–Crippen MR) is 81.4 cm³/mol. The Morgan fingerprint density at radius 1 is 1.36 bits per heavy atom. The van der Waals surface area contributed by atoms with Gasteiger partial charge < -0.3 is 10.3 Å². The lowest BCUT2D eigenvalue weighted by molar-refractivity contribution is 0.201. The van der Waals surface area contributed by atoms with Gasteiger partial charge in [0.05, 0.1) is 11.3 Å². The minimum atomic E-state index is -3.27. The molecule has 1 saturated heterocycles. The van der Waals surface area contributed by atoms with Crippen molar-refractivity contribution in [3.05, 3.63) is 11.7 Å². The van der Waals surface area contributed by atoms with E-state index in [9.17, 15) is 8.42 Å². The second-order valence-corrected chi connectivity index (χ2v) is 8.45. The topological polar surface area (TPSA) is 102 Å². The van der Waals surface area contributed by atoms with E-state index < -0.39 is 15.6 Å². The molecule has 0 aromatic carbocycles. The van der Waals surface area contributed by atoms with Crippen LogP contribution in [-0.4, -0.2) is 35.2 Å². The number of hydrogen-bond donors (Lipinski definition) is 1. The smallest absolute Gasteiger partial charge is 0.245 e. The second-order valence-electron chi connectivity index (χ2n) is 6.40. The van der Waals surface area contributed by atoms with Gasteiger partial charge in [-0.15, -0.1) is 0 Å². The summed E-state index contributed by atoms with van der Waals surface area (Å²) in [5.41, 5.74) is 5.74. The zero-order valence-corrected chi connectivity index (χ0v) is 13.8. The van der Waals surface area contributed by atoms with Crippen molar-refractivity contribution in [2.75, 3.05) is 12.3 Å². The number of piperidine rings is 1. The molecule has 2 heterocycles. The Hall–Kier alpha value is -0.990. The highest BCUT2D eigenvalue weighted by molar-refractivity contribution is 7.89. The van der Waals surface area contributed by atoms with Crippen LogP contribution in [0.25, 0.3) is 0 Å². The molecule has 1 unspecified atom stereocenters. The van der Waals surface area contributed by atoms with E-state index in [-0.39, 0.29) is 11.8 Å². The van der Waals surface area contributed by atoms with E-state index in [1.807, 2.05) is 6.92 Å². The van der Waals surface area contributed by atoms with Gasteiger partial charge in [0.15, 0.2) is 5.82 Å². The van der Waals surface area contributed by atoms with Crippen molar-refractivity contribution in [2.45, 2.75) is 63.5 Å². The summed E-state index contributed by atoms with van der Waals surface area (Å²) in [6, 6.07) is -0.338. The summed E-state index contributed by atoms with van der Waals surface area (Å²) in [7, 11) is -3.27. The van der Waals surface area contributed by atoms with Crippen molar-refractivity contribution in [1.82, 2.24) is 14.4 Å². The summed E-state index contributed by atoms with van der Waals surface area (Å²) in [5, 5.41) is 4.02. The normalized spacial score (nSPS) is 25.8. The van der Waals surface area contributed by atoms with Crippen LogP contribution in [0.4, 0.5) is 0 Å². The molecular weight excluding hydrogens is 304 g/mol. The van der Waals surface area contributed by atoms with Crippen LogP contribution in [-0.2, 0) is 15.6 Å². The Bertz CT molecular complexity index is 624. The van der Waals surface area contributed by atoms with Crippen molar-refractivity contribution >= 4 is 10.0 Å². The van der Waals surface area contributed by atoms with E-state index >= 15 is 0 Å². The van der Waals surface area contributed by atoms with Gasteiger partial charge >= 0.3 is 0 Å². The number of rotatable bonds is 5. The van der Waals surface area contributed by atoms with Gasteiger partial charge in [0, 0.05) is 6.54 Å². The molecule has 124 valence electrons. The zero-order valence-electron chi connectivity index (χ0n) is 13.0. The lowest BCUT2D eigenvalue weighted by Crippen LogP contribution is -2.44. The van der Waals surface area contributed by atoms with Crippen LogP contribution in [0.5, 0.6) is 0 Å². The molecule has 2 fully saturated rings. The van der Waals surface area contributed by atoms with Gasteiger partial charge in [0.2, 0.25) is 15.9 Å². The van der Waals surface area contributed by atoms with Crippen molar-refractivity contribution in [2.24, 2.45) is 5.73 Å². The molecule has 8 heteroatoms. The van der Waals surface area contributed by atoms with Crippen LogP contribution in [0.1, 0.15) is 69.6 Å². The first kappa shape index (κ1) is 15.9. The molecule has 0 bridgehead atoms. The number of hydrogen-bond acceptors (Lipinski definition) is 6. The SMILES string of the molecule is CCCS(=O)(=O)N1CCCCC1c1nc(C2(N)CCC2)no1. The van der Waals surface area contributed by atoms with E-state index in [2.05, 4.69) is 10.1 Å². The second kappa shape index (κ2) is 5.90. The number of aromatic nitrogens is 2. The molecule has 1 saturated carbocycles. The van der Waals surface area contributed by atoms with Crippen LogP contribution in [0, 0.1) is 0 Å². The summed E-state index contributed by atoms with van der Waals surface area (Å²) < 4.78 is 31.8. The van der Waals surface area contributed by atoms with Gasteiger partial charge in [-0.25, -0.2) is 8.42 Å². The van der Waals surface area contributed by atoms with Crippen LogP contribution >= 0.6 is 0 Å². The van der Waals surface area contributed by atoms with Gasteiger partial charge in [0.1, 0.15) is 6.04 Å². The third kappa shape index (κ3) is 2.79. The summed E-state index contributed by atoms with van der Waals surface area (Å²) in [5.74, 6) is 1.07. The molecule has 1 aromatic rings. The van der Waals surface area contributed by atoms with Crippen LogP contribution < -0.4 is 5.73 Å². The molecule has 1 aliphatic heterocycles. The molecule has 3 rings (SSSR count). The first-order chi connectivity index (χ1) is 10.5.